The number of esters is 1. The predicted molar refractivity (Wildman–Crippen MR) is 106 cm³/mol. The maximum absolute atomic E-state index is 12.7. The van der Waals surface area contributed by atoms with E-state index in [1.165, 1.54) is 18.2 Å². The number of carbonyl (C=O) groups excluding carboxylic acids is 1. The number of hydrogen-bond donors (Lipinski definition) is 0. The third-order valence-electron chi connectivity index (χ3n) is 3.78. The molecule has 2 rings (SSSR count). The molecule has 0 aromatic heterocycles. The molecule has 2 aromatic carbocycles. The van der Waals surface area contributed by atoms with E-state index in [-0.39, 0.29) is 16.9 Å². The number of nitrogens with zero attached hydrogens (tertiary/aromatic N) is 2. The standard InChI is InChI=1S/C21H26N2O4/c1-20(2,3)22(25)16-12-15(13-17(14-16)23(26)21(4,5)6)19(24)27-18-10-8-7-9-11-18/h7-14H,1-6H3. The second kappa shape index (κ2) is 7.48. The molecule has 0 radical (unpaired) electrons. The summed E-state index contributed by atoms with van der Waals surface area (Å²) in [6.45, 7) is 10.5. The Morgan fingerprint density at radius 1 is 1.00 bits per heavy atom. The van der Waals surface area contributed by atoms with Crippen LogP contribution in [0.25, 0.3) is 0 Å². The molecule has 0 fully saturated rings. The molecule has 0 atom stereocenters. The first kappa shape index (κ1) is 20.6. The van der Waals surface area contributed by atoms with Crippen molar-refractivity contribution in [2.24, 2.45) is 0 Å². The second-order valence-corrected chi connectivity index (χ2v) is 8.37. The molecule has 0 spiro atoms. The summed E-state index contributed by atoms with van der Waals surface area (Å²) < 4.78 is 6.15. The molecule has 0 heterocycles. The molecule has 144 valence electrons. The summed E-state index contributed by atoms with van der Waals surface area (Å²) in [7, 11) is 0. The maximum Gasteiger partial charge on any atom is 0.343 e. The van der Waals surface area contributed by atoms with Crippen LogP contribution in [0.4, 0.5) is 11.4 Å². The number of benzene rings is 2. The van der Waals surface area contributed by atoms with Crippen LogP contribution in [0.3, 0.4) is 0 Å². The molecule has 0 aliphatic rings. The average molecular weight is 370 g/mol. The summed E-state index contributed by atoms with van der Waals surface area (Å²) in [5.74, 6) is -0.243. The Hall–Kier alpha value is -2.73. The monoisotopic (exact) mass is 370 g/mol. The Bertz CT molecular complexity index is 833. The van der Waals surface area contributed by atoms with E-state index in [0.29, 0.717) is 5.75 Å². The van der Waals surface area contributed by atoms with Gasteiger partial charge >= 0.3 is 5.97 Å². The van der Waals surface area contributed by atoms with Crippen LogP contribution in [0.5, 0.6) is 5.75 Å². The molecule has 0 amide bonds. The van der Waals surface area contributed by atoms with Crippen molar-refractivity contribution in [3.8, 4) is 5.75 Å². The molecule has 2 aromatic rings. The van der Waals surface area contributed by atoms with Crippen LogP contribution in [0.15, 0.2) is 48.5 Å². The summed E-state index contributed by atoms with van der Waals surface area (Å²) in [4.78, 5) is 25.3. The summed E-state index contributed by atoms with van der Waals surface area (Å²) >= 11 is 0. The van der Waals surface area contributed by atoms with E-state index in [1.807, 2.05) is 6.07 Å². The van der Waals surface area contributed by atoms with Crippen LogP contribution < -0.4 is 9.80 Å². The quantitative estimate of drug-likeness (QED) is 0.319. The molecule has 27 heavy (non-hydrogen) atoms. The Kier molecular flexibility index (Phi) is 5.70. The number of rotatable bonds is 4. The van der Waals surface area contributed by atoms with E-state index in [4.69, 9.17) is 4.74 Å². The summed E-state index contributed by atoms with van der Waals surface area (Å²) in [5.41, 5.74) is -0.861. The summed E-state index contributed by atoms with van der Waals surface area (Å²) in [6.07, 6.45) is 0. The molecular weight excluding hydrogens is 344 g/mol. The molecule has 0 saturated heterocycles. The molecule has 0 aliphatic heterocycles. The normalized spacial score (nSPS) is 11.8. The van der Waals surface area contributed by atoms with Gasteiger partial charge in [-0.2, -0.15) is 0 Å². The lowest BCUT2D eigenvalue weighted by molar-refractivity contribution is -0.540. The van der Waals surface area contributed by atoms with Crippen LogP contribution in [0.1, 0.15) is 51.9 Å². The Morgan fingerprint density at radius 2 is 1.59 bits per heavy atom. The number of anilines is 1. The number of para-hydroxylation sites is 1. The molecule has 0 N–H and O–H groups in total. The highest BCUT2D eigenvalue weighted by atomic mass is 16.5. The highest BCUT2D eigenvalue weighted by Gasteiger charge is 2.33. The number of ether oxygens (including phenoxy) is 1. The first-order valence-electron chi connectivity index (χ1n) is 8.76. The molecule has 0 saturated carbocycles. The topological polar surface area (TPSA) is 72.7 Å². The smallest absolute Gasteiger partial charge is 0.343 e. The molecule has 6 heteroatoms. The van der Waals surface area contributed by atoms with Gasteiger partial charge in [0.25, 0.3) is 5.69 Å². The molecule has 6 nitrogen and oxygen atoms in total. The van der Waals surface area contributed by atoms with Crippen molar-refractivity contribution in [1.29, 1.82) is 0 Å². The van der Waals surface area contributed by atoms with Gasteiger partial charge in [-0.15, -0.1) is 0 Å². The fraction of sp³-hybridized carbons (Fsp3) is 0.381. The third-order valence-corrected chi connectivity index (χ3v) is 3.78. The number of hydroxylamine groups is 1. The van der Waals surface area contributed by atoms with Crippen molar-refractivity contribution in [2.75, 3.05) is 5.06 Å². The predicted octanol–water partition coefficient (Wildman–Crippen LogP) is 5.22. The van der Waals surface area contributed by atoms with Gasteiger partial charge in [0.15, 0.2) is 0 Å². The van der Waals surface area contributed by atoms with Gasteiger partial charge in [0, 0.05) is 53.8 Å². The number of nitroso groups, excluding NO2 is 1. The second-order valence-electron chi connectivity index (χ2n) is 8.37. The first-order valence-corrected chi connectivity index (χ1v) is 8.76. The Morgan fingerprint density at radius 3 is 2.11 bits per heavy atom. The lowest BCUT2D eigenvalue weighted by Gasteiger charge is -2.43. The van der Waals surface area contributed by atoms with Crippen LogP contribution in [-0.2, 0) is 0 Å². The van der Waals surface area contributed by atoms with Gasteiger partial charge in [-0.05, 0) is 39.0 Å². The Balaban J connectivity index is 2.49. The van der Waals surface area contributed by atoms with Crippen molar-refractivity contribution in [3.63, 3.8) is 0 Å². The van der Waals surface area contributed by atoms with Crippen molar-refractivity contribution in [2.45, 2.75) is 52.6 Å². The average Bonchev–Trinajstić information content (AvgIpc) is 2.59. The largest absolute Gasteiger partial charge is 0.758 e. The lowest BCUT2D eigenvalue weighted by Crippen LogP contribution is -2.37. The maximum atomic E-state index is 12.7. The molecular formula is C21H26N2O4. The van der Waals surface area contributed by atoms with Crippen molar-refractivity contribution >= 4 is 17.3 Å². The highest BCUT2D eigenvalue weighted by Crippen LogP contribution is 2.31. The van der Waals surface area contributed by atoms with E-state index in [9.17, 15) is 14.9 Å². The van der Waals surface area contributed by atoms with Crippen molar-refractivity contribution in [3.05, 3.63) is 64.2 Å². The fourth-order valence-electron chi connectivity index (χ4n) is 2.38. The van der Waals surface area contributed by atoms with E-state index in [1.54, 1.807) is 65.8 Å². The van der Waals surface area contributed by atoms with Gasteiger partial charge in [0.2, 0.25) is 5.54 Å². The van der Waals surface area contributed by atoms with Gasteiger partial charge in [-0.1, -0.05) is 18.2 Å². The van der Waals surface area contributed by atoms with Gasteiger partial charge in [0.05, 0.1) is 5.56 Å². The van der Waals surface area contributed by atoms with Gasteiger partial charge in [0.1, 0.15) is 5.75 Å². The van der Waals surface area contributed by atoms with Gasteiger partial charge in [-0.25, -0.2) is 4.79 Å². The third kappa shape index (κ3) is 5.14. The summed E-state index contributed by atoms with van der Waals surface area (Å²) in [6, 6.07) is 13.0. The first-order chi connectivity index (χ1) is 12.4. The molecule has 0 unspecified atom stereocenters. The van der Waals surface area contributed by atoms with Gasteiger partial charge < -0.3 is 15.0 Å². The SMILES string of the molecule is CC(C)(C)N([O-])c1cc(C(=O)Oc2ccccc2)cc([N+](=O)C(C)(C)C)c1. The number of carbonyl (C=O) groups is 1. The zero-order valence-corrected chi connectivity index (χ0v) is 16.6. The Labute approximate surface area is 159 Å². The zero-order chi connectivity index (χ0) is 20.4. The lowest BCUT2D eigenvalue weighted by atomic mass is 10.0. The number of hydrogen-bond acceptors (Lipinski definition) is 5. The minimum absolute atomic E-state index is 0.140. The van der Waals surface area contributed by atoms with E-state index in [0.717, 1.165) is 9.82 Å². The minimum atomic E-state index is -0.728. The van der Waals surface area contributed by atoms with E-state index >= 15 is 0 Å². The van der Waals surface area contributed by atoms with Crippen LogP contribution in [-0.4, -0.2) is 21.8 Å². The van der Waals surface area contributed by atoms with Crippen LogP contribution in [0, 0.1) is 10.1 Å². The molecule has 0 bridgehead atoms. The fourth-order valence-corrected chi connectivity index (χ4v) is 2.38. The van der Waals surface area contributed by atoms with Crippen molar-refractivity contribution < 1.29 is 14.3 Å². The van der Waals surface area contributed by atoms with Crippen LogP contribution >= 0.6 is 0 Å². The highest BCUT2D eigenvalue weighted by molar-refractivity contribution is 5.93. The van der Waals surface area contributed by atoms with E-state index in [2.05, 4.69) is 0 Å². The van der Waals surface area contributed by atoms with Gasteiger partial charge in [-0.3, -0.25) is 0 Å². The van der Waals surface area contributed by atoms with Crippen LogP contribution in [0.2, 0.25) is 0 Å². The molecule has 0 aliphatic carbocycles. The van der Waals surface area contributed by atoms with Crippen molar-refractivity contribution in [1.82, 2.24) is 0 Å². The summed E-state index contributed by atoms with van der Waals surface area (Å²) in [5, 5.41) is 13.5. The minimum Gasteiger partial charge on any atom is -0.758 e. The zero-order valence-electron chi connectivity index (χ0n) is 16.6. The van der Waals surface area contributed by atoms with E-state index < -0.39 is 17.0 Å².